The molecule has 0 bridgehead atoms. The number of benzene rings is 1. The number of anilines is 1. The Morgan fingerprint density at radius 1 is 1.19 bits per heavy atom. The van der Waals surface area contributed by atoms with Gasteiger partial charge in [-0.3, -0.25) is 0 Å². The van der Waals surface area contributed by atoms with Crippen molar-refractivity contribution in [2.24, 2.45) is 5.92 Å². The van der Waals surface area contributed by atoms with Gasteiger partial charge in [0.1, 0.15) is 0 Å². The van der Waals surface area contributed by atoms with Crippen LogP contribution in [0.4, 0.5) is 5.00 Å². The van der Waals surface area contributed by atoms with Crippen LogP contribution in [-0.4, -0.2) is 13.1 Å². The second-order valence-corrected chi connectivity index (χ2v) is 5.85. The fourth-order valence-electron chi connectivity index (χ4n) is 2.35. The maximum atomic E-state index is 2.55. The Hall–Kier alpha value is -1.02. The SMILES string of the molecule is CC1CCN(c2cc3ccccc3s2)CC1. The molecule has 1 saturated heterocycles. The van der Waals surface area contributed by atoms with Gasteiger partial charge >= 0.3 is 0 Å². The molecule has 3 rings (SSSR count). The van der Waals surface area contributed by atoms with E-state index < -0.39 is 0 Å². The van der Waals surface area contributed by atoms with Crippen LogP contribution in [-0.2, 0) is 0 Å². The van der Waals surface area contributed by atoms with Crippen molar-refractivity contribution in [3.05, 3.63) is 30.3 Å². The van der Waals surface area contributed by atoms with Gasteiger partial charge in [-0.15, -0.1) is 11.3 Å². The molecule has 0 atom stereocenters. The molecule has 0 unspecified atom stereocenters. The lowest BCUT2D eigenvalue weighted by atomic mass is 9.99. The monoisotopic (exact) mass is 231 g/mol. The minimum absolute atomic E-state index is 0.908. The lowest BCUT2D eigenvalue weighted by molar-refractivity contribution is 0.440. The van der Waals surface area contributed by atoms with E-state index in [0.29, 0.717) is 0 Å². The molecule has 1 fully saturated rings. The van der Waals surface area contributed by atoms with Crippen LogP contribution < -0.4 is 4.90 Å². The van der Waals surface area contributed by atoms with Gasteiger partial charge in [0.05, 0.1) is 5.00 Å². The Balaban J connectivity index is 1.88. The predicted octanol–water partition coefficient (Wildman–Crippen LogP) is 4.14. The smallest absolute Gasteiger partial charge is 0.0920 e. The first-order chi connectivity index (χ1) is 7.83. The molecule has 1 aliphatic heterocycles. The molecule has 0 saturated carbocycles. The first-order valence-corrected chi connectivity index (χ1v) is 6.88. The van der Waals surface area contributed by atoms with E-state index >= 15 is 0 Å². The van der Waals surface area contributed by atoms with Crippen LogP contribution >= 0.6 is 11.3 Å². The van der Waals surface area contributed by atoms with Gasteiger partial charge in [-0.2, -0.15) is 0 Å². The molecule has 1 aromatic carbocycles. The summed E-state index contributed by atoms with van der Waals surface area (Å²) in [6, 6.07) is 11.0. The summed E-state index contributed by atoms with van der Waals surface area (Å²) in [5.41, 5.74) is 0. The highest BCUT2D eigenvalue weighted by Gasteiger charge is 2.17. The lowest BCUT2D eigenvalue weighted by Crippen LogP contribution is -2.31. The van der Waals surface area contributed by atoms with Gasteiger partial charge in [0.15, 0.2) is 0 Å². The van der Waals surface area contributed by atoms with E-state index in [1.165, 1.54) is 41.0 Å². The molecule has 1 nitrogen and oxygen atoms in total. The third-order valence-corrected chi connectivity index (χ3v) is 4.68. The minimum atomic E-state index is 0.908. The summed E-state index contributed by atoms with van der Waals surface area (Å²) >= 11 is 1.93. The quantitative estimate of drug-likeness (QED) is 0.713. The molecule has 0 amide bonds. The molecule has 0 spiro atoms. The standard InChI is InChI=1S/C14H17NS/c1-11-6-8-15(9-7-11)14-10-12-4-2-3-5-13(12)16-14/h2-5,10-11H,6-9H2,1H3. The van der Waals surface area contributed by atoms with Crippen molar-refractivity contribution in [2.75, 3.05) is 18.0 Å². The van der Waals surface area contributed by atoms with Crippen LogP contribution in [0.3, 0.4) is 0 Å². The molecule has 0 N–H and O–H groups in total. The predicted molar refractivity (Wildman–Crippen MR) is 72.4 cm³/mol. The zero-order chi connectivity index (χ0) is 11.0. The number of thiophene rings is 1. The van der Waals surface area contributed by atoms with Gasteiger partial charge in [0, 0.05) is 17.8 Å². The topological polar surface area (TPSA) is 3.24 Å². The molecule has 2 aromatic rings. The Morgan fingerprint density at radius 2 is 1.94 bits per heavy atom. The number of hydrogen-bond donors (Lipinski definition) is 0. The van der Waals surface area contributed by atoms with Crippen molar-refractivity contribution >= 4 is 26.4 Å². The van der Waals surface area contributed by atoms with Crippen LogP contribution in [0.5, 0.6) is 0 Å². The van der Waals surface area contributed by atoms with Gasteiger partial charge < -0.3 is 4.90 Å². The van der Waals surface area contributed by atoms with E-state index in [0.717, 1.165) is 5.92 Å². The summed E-state index contributed by atoms with van der Waals surface area (Å²) in [6.07, 6.45) is 2.68. The van der Waals surface area contributed by atoms with Gasteiger partial charge in [0.25, 0.3) is 0 Å². The van der Waals surface area contributed by atoms with Crippen LogP contribution in [0.2, 0.25) is 0 Å². The highest BCUT2D eigenvalue weighted by Crippen LogP contribution is 2.34. The third kappa shape index (κ3) is 1.82. The molecule has 2 heterocycles. The number of fused-ring (bicyclic) bond motifs is 1. The summed E-state index contributed by atoms with van der Waals surface area (Å²) in [7, 11) is 0. The van der Waals surface area contributed by atoms with Crippen molar-refractivity contribution in [1.82, 2.24) is 0 Å². The molecule has 1 aliphatic rings. The highest BCUT2D eigenvalue weighted by atomic mass is 32.1. The average Bonchev–Trinajstić information content (AvgIpc) is 2.73. The molecule has 1 aromatic heterocycles. The number of nitrogens with zero attached hydrogens (tertiary/aromatic N) is 1. The van der Waals surface area contributed by atoms with E-state index in [2.05, 4.69) is 42.2 Å². The van der Waals surface area contributed by atoms with Crippen LogP contribution in [0.1, 0.15) is 19.8 Å². The molecule has 0 radical (unpaired) electrons. The van der Waals surface area contributed by atoms with Crippen LogP contribution in [0.25, 0.3) is 10.1 Å². The van der Waals surface area contributed by atoms with E-state index in [-0.39, 0.29) is 0 Å². The first-order valence-electron chi connectivity index (χ1n) is 6.06. The molecule has 2 heteroatoms. The Kier molecular flexibility index (Phi) is 2.60. The normalized spacial score (nSPS) is 18.2. The van der Waals surface area contributed by atoms with Crippen LogP contribution in [0, 0.1) is 5.92 Å². The molecule has 16 heavy (non-hydrogen) atoms. The van der Waals surface area contributed by atoms with Crippen molar-refractivity contribution in [3.63, 3.8) is 0 Å². The fraction of sp³-hybridized carbons (Fsp3) is 0.429. The summed E-state index contributed by atoms with van der Waals surface area (Å²) in [5, 5.41) is 2.84. The van der Waals surface area contributed by atoms with Crippen molar-refractivity contribution in [2.45, 2.75) is 19.8 Å². The minimum Gasteiger partial charge on any atom is -0.363 e. The maximum Gasteiger partial charge on any atom is 0.0920 e. The summed E-state index contributed by atoms with van der Waals surface area (Å²) in [4.78, 5) is 2.55. The fourth-order valence-corrected chi connectivity index (χ4v) is 3.47. The van der Waals surface area contributed by atoms with Crippen LogP contribution in [0.15, 0.2) is 30.3 Å². The largest absolute Gasteiger partial charge is 0.363 e. The Bertz CT molecular complexity index is 447. The third-order valence-electron chi connectivity index (χ3n) is 3.51. The van der Waals surface area contributed by atoms with Gasteiger partial charge in [0.2, 0.25) is 0 Å². The molecular formula is C14H17NS. The highest BCUT2D eigenvalue weighted by molar-refractivity contribution is 7.22. The van der Waals surface area contributed by atoms with Gasteiger partial charge in [-0.05, 0) is 36.3 Å². The molecule has 0 aliphatic carbocycles. The number of rotatable bonds is 1. The molecule has 84 valence electrons. The second kappa shape index (κ2) is 4.10. The average molecular weight is 231 g/mol. The van der Waals surface area contributed by atoms with Crippen molar-refractivity contribution < 1.29 is 0 Å². The lowest BCUT2D eigenvalue weighted by Gasteiger charge is -2.30. The number of hydrogen-bond acceptors (Lipinski definition) is 2. The van der Waals surface area contributed by atoms with E-state index in [1.54, 1.807) is 0 Å². The zero-order valence-corrected chi connectivity index (χ0v) is 10.5. The van der Waals surface area contributed by atoms with E-state index in [1.807, 2.05) is 11.3 Å². The van der Waals surface area contributed by atoms with E-state index in [4.69, 9.17) is 0 Å². The van der Waals surface area contributed by atoms with Gasteiger partial charge in [-0.1, -0.05) is 25.1 Å². The Labute approximate surface area is 101 Å². The Morgan fingerprint density at radius 3 is 2.69 bits per heavy atom. The summed E-state index contributed by atoms with van der Waals surface area (Å²) < 4.78 is 1.41. The summed E-state index contributed by atoms with van der Waals surface area (Å²) in [6.45, 7) is 4.82. The van der Waals surface area contributed by atoms with Gasteiger partial charge in [-0.25, -0.2) is 0 Å². The maximum absolute atomic E-state index is 2.55. The number of piperidine rings is 1. The van der Waals surface area contributed by atoms with E-state index in [9.17, 15) is 0 Å². The summed E-state index contributed by atoms with van der Waals surface area (Å²) in [5.74, 6) is 0.908. The second-order valence-electron chi connectivity index (χ2n) is 4.79. The zero-order valence-electron chi connectivity index (χ0n) is 9.65. The van der Waals surface area contributed by atoms with Crippen molar-refractivity contribution in [1.29, 1.82) is 0 Å². The van der Waals surface area contributed by atoms with Crippen molar-refractivity contribution in [3.8, 4) is 0 Å². The first kappa shape index (κ1) is 10.2. The molecular weight excluding hydrogens is 214 g/mol.